The third kappa shape index (κ3) is 11.8. The van der Waals surface area contributed by atoms with Crippen LogP contribution in [0.15, 0.2) is 0 Å². The summed E-state index contributed by atoms with van der Waals surface area (Å²) in [5.41, 5.74) is 0.353. The maximum atomic E-state index is 6.35. The fraction of sp³-hybridized carbons (Fsp3) is 1.00. The van der Waals surface area contributed by atoms with Crippen LogP contribution in [0.25, 0.3) is 0 Å². The fourth-order valence-corrected chi connectivity index (χ4v) is 6.82. The van der Waals surface area contributed by atoms with Gasteiger partial charge in [-0.3, -0.25) is 0 Å². The standard InChI is InChI=1S/C20H46O2Si2/c1-7-13-19(5,14-8-2)21-23-17-11-12-18-24-22-20(6,15-9-3)16-10-4/h7-18,23-24H2,1-6H3. The lowest BCUT2D eigenvalue weighted by atomic mass is 9.95. The van der Waals surface area contributed by atoms with E-state index in [2.05, 4.69) is 41.5 Å². The first kappa shape index (κ1) is 24.4. The summed E-state index contributed by atoms with van der Waals surface area (Å²) in [5, 5.41) is 0. The SMILES string of the molecule is CCCC(C)(CCC)O[SiH2]CCCC[SiH2]OC(C)(CCC)CCC. The molecule has 146 valence electrons. The molecule has 0 heterocycles. The molecular weight excluding hydrogens is 328 g/mol. The molecule has 0 spiro atoms. The van der Waals surface area contributed by atoms with Crippen molar-refractivity contribution in [3.8, 4) is 0 Å². The summed E-state index contributed by atoms with van der Waals surface area (Å²) in [7, 11) is -0.673. The molecule has 0 aliphatic heterocycles. The maximum absolute atomic E-state index is 6.35. The first-order valence-corrected chi connectivity index (χ1v) is 13.9. The highest BCUT2D eigenvalue weighted by Gasteiger charge is 2.23. The fourth-order valence-electron chi connectivity index (χ4n) is 3.85. The van der Waals surface area contributed by atoms with E-state index in [-0.39, 0.29) is 30.7 Å². The highest BCUT2D eigenvalue weighted by Crippen LogP contribution is 2.25. The van der Waals surface area contributed by atoms with Crippen molar-refractivity contribution in [3.63, 3.8) is 0 Å². The zero-order valence-corrected chi connectivity index (χ0v) is 20.5. The van der Waals surface area contributed by atoms with Gasteiger partial charge < -0.3 is 8.85 Å². The molecule has 0 atom stereocenters. The molecule has 0 aromatic carbocycles. The quantitative estimate of drug-likeness (QED) is 0.246. The molecule has 0 fully saturated rings. The number of hydrogen-bond acceptors (Lipinski definition) is 2. The van der Waals surface area contributed by atoms with Crippen molar-refractivity contribution in [1.29, 1.82) is 0 Å². The Morgan fingerprint density at radius 2 is 0.875 bits per heavy atom. The van der Waals surface area contributed by atoms with Crippen LogP contribution in [0.4, 0.5) is 0 Å². The molecule has 0 amide bonds. The molecule has 0 N–H and O–H groups in total. The van der Waals surface area contributed by atoms with Gasteiger partial charge in [-0.15, -0.1) is 0 Å². The van der Waals surface area contributed by atoms with E-state index in [4.69, 9.17) is 8.85 Å². The Morgan fingerprint density at radius 1 is 0.583 bits per heavy atom. The van der Waals surface area contributed by atoms with Gasteiger partial charge in [-0.1, -0.05) is 66.2 Å². The number of hydrogen-bond donors (Lipinski definition) is 0. The van der Waals surface area contributed by atoms with Crippen molar-refractivity contribution in [2.45, 2.75) is 129 Å². The van der Waals surface area contributed by atoms with Gasteiger partial charge in [-0.2, -0.15) is 0 Å². The first-order valence-electron chi connectivity index (χ1n) is 10.7. The second-order valence-electron chi connectivity index (χ2n) is 8.01. The third-order valence-corrected chi connectivity index (χ3v) is 8.43. The number of rotatable bonds is 17. The third-order valence-electron chi connectivity index (χ3n) is 5.06. The van der Waals surface area contributed by atoms with E-state index in [1.165, 1.54) is 76.3 Å². The molecule has 4 heteroatoms. The minimum atomic E-state index is -0.337. The molecule has 0 saturated carbocycles. The van der Waals surface area contributed by atoms with Crippen molar-refractivity contribution in [2.24, 2.45) is 0 Å². The predicted octanol–water partition coefficient (Wildman–Crippen LogP) is 5.52. The van der Waals surface area contributed by atoms with Crippen LogP contribution < -0.4 is 0 Å². The minimum absolute atomic E-state index is 0.176. The number of unbranched alkanes of at least 4 members (excludes halogenated alkanes) is 1. The van der Waals surface area contributed by atoms with E-state index in [1.807, 2.05) is 0 Å². The zero-order valence-electron chi connectivity index (χ0n) is 17.7. The Labute approximate surface area is 157 Å². The van der Waals surface area contributed by atoms with Crippen LogP contribution in [0, 0.1) is 0 Å². The van der Waals surface area contributed by atoms with E-state index in [0.717, 1.165) is 0 Å². The summed E-state index contributed by atoms with van der Waals surface area (Å²) in [6, 6.07) is 2.69. The van der Waals surface area contributed by atoms with Crippen LogP contribution in [0.1, 0.15) is 106 Å². The van der Waals surface area contributed by atoms with E-state index in [9.17, 15) is 0 Å². The van der Waals surface area contributed by atoms with Gasteiger partial charge in [0.2, 0.25) is 0 Å². The van der Waals surface area contributed by atoms with Crippen LogP contribution in [0.2, 0.25) is 12.1 Å². The van der Waals surface area contributed by atoms with Crippen molar-refractivity contribution in [3.05, 3.63) is 0 Å². The van der Waals surface area contributed by atoms with Gasteiger partial charge in [0, 0.05) is 0 Å². The topological polar surface area (TPSA) is 18.5 Å². The Balaban J connectivity index is 3.76. The van der Waals surface area contributed by atoms with E-state index in [0.29, 0.717) is 0 Å². The summed E-state index contributed by atoms with van der Waals surface area (Å²) in [5.74, 6) is 0. The van der Waals surface area contributed by atoms with Crippen LogP contribution in [0.3, 0.4) is 0 Å². The van der Waals surface area contributed by atoms with Gasteiger partial charge in [-0.05, 0) is 51.6 Å². The highest BCUT2D eigenvalue weighted by atomic mass is 28.2. The highest BCUT2D eigenvalue weighted by molar-refractivity contribution is 6.28. The molecule has 0 rings (SSSR count). The molecule has 0 aromatic heterocycles. The summed E-state index contributed by atoms with van der Waals surface area (Å²) < 4.78 is 12.7. The van der Waals surface area contributed by atoms with E-state index >= 15 is 0 Å². The monoisotopic (exact) mass is 374 g/mol. The van der Waals surface area contributed by atoms with Crippen LogP contribution in [0.5, 0.6) is 0 Å². The second-order valence-corrected chi connectivity index (χ2v) is 10.8. The molecule has 0 aromatic rings. The lowest BCUT2D eigenvalue weighted by molar-refractivity contribution is 0.0712. The molecule has 0 saturated heterocycles. The molecule has 0 bridgehead atoms. The van der Waals surface area contributed by atoms with Crippen LogP contribution in [-0.4, -0.2) is 30.7 Å². The predicted molar refractivity (Wildman–Crippen MR) is 115 cm³/mol. The normalized spacial score (nSPS) is 13.8. The Kier molecular flexibility index (Phi) is 14.7. The van der Waals surface area contributed by atoms with Crippen LogP contribution >= 0.6 is 0 Å². The lowest BCUT2D eigenvalue weighted by Gasteiger charge is -2.30. The van der Waals surface area contributed by atoms with E-state index < -0.39 is 0 Å². The van der Waals surface area contributed by atoms with Crippen molar-refractivity contribution < 1.29 is 8.85 Å². The average Bonchev–Trinajstić information content (AvgIpc) is 2.51. The molecule has 0 aliphatic carbocycles. The molecule has 24 heavy (non-hydrogen) atoms. The van der Waals surface area contributed by atoms with Gasteiger partial charge in [0.25, 0.3) is 0 Å². The van der Waals surface area contributed by atoms with Gasteiger partial charge >= 0.3 is 0 Å². The van der Waals surface area contributed by atoms with Crippen LogP contribution in [-0.2, 0) is 8.85 Å². The largest absolute Gasteiger partial charge is 0.419 e. The van der Waals surface area contributed by atoms with Gasteiger partial charge in [0.05, 0.1) is 11.2 Å². The lowest BCUT2D eigenvalue weighted by Crippen LogP contribution is -2.30. The van der Waals surface area contributed by atoms with E-state index in [1.54, 1.807) is 0 Å². The molecule has 0 radical (unpaired) electrons. The molecule has 0 unspecified atom stereocenters. The molecule has 2 nitrogen and oxygen atoms in total. The minimum Gasteiger partial charge on any atom is -0.419 e. The summed E-state index contributed by atoms with van der Waals surface area (Å²) >= 11 is 0. The average molecular weight is 375 g/mol. The van der Waals surface area contributed by atoms with Gasteiger partial charge in [0.15, 0.2) is 19.5 Å². The molecular formula is C20H46O2Si2. The van der Waals surface area contributed by atoms with Gasteiger partial charge in [-0.25, -0.2) is 0 Å². The summed E-state index contributed by atoms with van der Waals surface area (Å²) in [6.45, 7) is 13.7. The van der Waals surface area contributed by atoms with Crippen molar-refractivity contribution in [2.75, 3.05) is 0 Å². The second kappa shape index (κ2) is 14.5. The summed E-state index contributed by atoms with van der Waals surface area (Å²) in [4.78, 5) is 0. The maximum Gasteiger partial charge on any atom is 0.162 e. The Bertz CT molecular complexity index is 245. The van der Waals surface area contributed by atoms with Crippen molar-refractivity contribution >= 4 is 19.5 Å². The molecule has 0 aliphatic rings. The van der Waals surface area contributed by atoms with Gasteiger partial charge in [0.1, 0.15) is 0 Å². The Hall–Kier alpha value is 0.354. The smallest absolute Gasteiger partial charge is 0.162 e. The summed E-state index contributed by atoms with van der Waals surface area (Å²) in [6.07, 6.45) is 12.6. The zero-order chi connectivity index (χ0) is 18.3. The van der Waals surface area contributed by atoms with Crippen molar-refractivity contribution in [1.82, 2.24) is 0 Å². The Morgan fingerprint density at radius 3 is 1.12 bits per heavy atom. The first-order chi connectivity index (χ1) is 11.4.